The summed E-state index contributed by atoms with van der Waals surface area (Å²) in [5.41, 5.74) is 0. The Kier molecular flexibility index (Phi) is 2.99. The normalized spacial score (nSPS) is 27.9. The average Bonchev–Trinajstić information content (AvgIpc) is 2.77. The lowest BCUT2D eigenvalue weighted by atomic mass is 10.1. The van der Waals surface area contributed by atoms with Crippen LogP contribution in [0.15, 0.2) is 0 Å². The van der Waals surface area contributed by atoms with Crippen molar-refractivity contribution in [2.75, 3.05) is 6.67 Å². The number of hydrogen-bond donors (Lipinski definition) is 0. The minimum Gasteiger partial charge on any atom is -0.363 e. The van der Waals surface area contributed by atoms with E-state index in [9.17, 15) is 26.3 Å². The van der Waals surface area contributed by atoms with Crippen molar-refractivity contribution in [3.05, 3.63) is 0 Å². The van der Waals surface area contributed by atoms with Crippen molar-refractivity contribution in [2.45, 2.75) is 37.1 Å². The zero-order valence-electron chi connectivity index (χ0n) is 6.95. The zero-order chi connectivity index (χ0) is 11.0. The molecule has 0 bridgehead atoms. The first kappa shape index (κ1) is 11.6. The molecule has 0 aromatic rings. The molecule has 0 aromatic carbocycles. The molecule has 7 heteroatoms. The first-order valence-corrected chi connectivity index (χ1v) is 3.96. The Hall–Kier alpha value is -0.460. The van der Waals surface area contributed by atoms with E-state index in [0.29, 0.717) is 0 Å². The van der Waals surface area contributed by atoms with Gasteiger partial charge in [0.25, 0.3) is 0 Å². The monoisotopic (exact) mass is 222 g/mol. The van der Waals surface area contributed by atoms with Gasteiger partial charge in [-0.15, -0.1) is 0 Å². The van der Waals surface area contributed by atoms with E-state index in [1.807, 2.05) is 0 Å². The van der Waals surface area contributed by atoms with E-state index >= 15 is 0 Å². The lowest BCUT2D eigenvalue weighted by Crippen LogP contribution is -2.42. The number of epoxide rings is 1. The maximum Gasteiger partial charge on any atom is 0.456 e. The highest BCUT2D eigenvalue weighted by molar-refractivity contribution is 4.99. The fourth-order valence-corrected chi connectivity index (χ4v) is 1.12. The van der Waals surface area contributed by atoms with Crippen LogP contribution >= 0.6 is 0 Å². The molecule has 0 aliphatic carbocycles. The third-order valence-corrected chi connectivity index (χ3v) is 1.94. The number of hydrogen-bond acceptors (Lipinski definition) is 1. The van der Waals surface area contributed by atoms with Crippen LogP contribution < -0.4 is 0 Å². The summed E-state index contributed by atoms with van der Waals surface area (Å²) < 4.78 is 75.8. The fraction of sp³-hybridized carbons (Fsp3) is 1.00. The summed E-state index contributed by atoms with van der Waals surface area (Å²) >= 11 is 0. The van der Waals surface area contributed by atoms with Crippen molar-refractivity contribution in [3.63, 3.8) is 0 Å². The standard InChI is InChI=1S/C7H8F6O/c8-3-1-2-4-5(14-4)6(9,10)7(11,12)13/h4-5H,1-3H2. The molecule has 0 aromatic heterocycles. The van der Waals surface area contributed by atoms with Gasteiger partial charge in [-0.1, -0.05) is 0 Å². The van der Waals surface area contributed by atoms with Crippen LogP contribution in [0.4, 0.5) is 26.3 Å². The van der Waals surface area contributed by atoms with E-state index in [-0.39, 0.29) is 12.8 Å². The molecule has 0 amide bonds. The Balaban J connectivity index is 2.45. The predicted octanol–water partition coefficient (Wildman–Crippen LogP) is 2.70. The van der Waals surface area contributed by atoms with E-state index in [4.69, 9.17) is 0 Å². The maximum atomic E-state index is 12.4. The van der Waals surface area contributed by atoms with Crippen molar-refractivity contribution in [1.29, 1.82) is 0 Å². The molecule has 0 radical (unpaired) electrons. The molecule has 1 aliphatic heterocycles. The van der Waals surface area contributed by atoms with Crippen LogP contribution in [0.3, 0.4) is 0 Å². The molecule has 0 spiro atoms. The lowest BCUT2D eigenvalue weighted by Gasteiger charge is -2.17. The molecule has 1 rings (SSSR count). The Morgan fingerprint density at radius 2 is 1.64 bits per heavy atom. The molecule has 2 atom stereocenters. The summed E-state index contributed by atoms with van der Waals surface area (Å²) in [6, 6.07) is 0. The van der Waals surface area contributed by atoms with E-state index in [0.717, 1.165) is 0 Å². The lowest BCUT2D eigenvalue weighted by molar-refractivity contribution is -0.288. The quantitative estimate of drug-likeness (QED) is 0.526. The van der Waals surface area contributed by atoms with Gasteiger partial charge in [-0.05, 0) is 12.8 Å². The van der Waals surface area contributed by atoms with Crippen molar-refractivity contribution >= 4 is 0 Å². The van der Waals surface area contributed by atoms with Gasteiger partial charge in [0.2, 0.25) is 0 Å². The van der Waals surface area contributed by atoms with Crippen molar-refractivity contribution in [1.82, 2.24) is 0 Å². The summed E-state index contributed by atoms with van der Waals surface area (Å²) in [7, 11) is 0. The largest absolute Gasteiger partial charge is 0.456 e. The highest BCUT2D eigenvalue weighted by atomic mass is 19.4. The third-order valence-electron chi connectivity index (χ3n) is 1.94. The smallest absolute Gasteiger partial charge is 0.363 e. The molecule has 1 aliphatic rings. The molecular weight excluding hydrogens is 214 g/mol. The Morgan fingerprint density at radius 1 is 1.07 bits per heavy atom. The van der Waals surface area contributed by atoms with Gasteiger partial charge in [0.05, 0.1) is 12.8 Å². The second-order valence-corrected chi connectivity index (χ2v) is 3.05. The summed E-state index contributed by atoms with van der Waals surface area (Å²) in [5.74, 6) is -4.83. The Morgan fingerprint density at radius 3 is 2.07 bits per heavy atom. The second kappa shape index (κ2) is 3.60. The summed E-state index contributed by atoms with van der Waals surface area (Å²) in [4.78, 5) is 0. The van der Waals surface area contributed by atoms with Gasteiger partial charge in [0, 0.05) is 0 Å². The number of alkyl halides is 6. The van der Waals surface area contributed by atoms with Crippen LogP contribution in [0.1, 0.15) is 12.8 Å². The maximum absolute atomic E-state index is 12.4. The van der Waals surface area contributed by atoms with Gasteiger partial charge in [-0.2, -0.15) is 22.0 Å². The van der Waals surface area contributed by atoms with Gasteiger partial charge in [0.1, 0.15) is 0 Å². The predicted molar refractivity (Wildman–Crippen MR) is 34.9 cm³/mol. The minimum atomic E-state index is -5.60. The zero-order valence-corrected chi connectivity index (χ0v) is 6.95. The molecule has 0 N–H and O–H groups in total. The van der Waals surface area contributed by atoms with E-state index in [2.05, 4.69) is 4.74 Å². The molecule has 84 valence electrons. The molecule has 1 nitrogen and oxygen atoms in total. The molecule has 1 heterocycles. The van der Waals surface area contributed by atoms with Crippen molar-refractivity contribution in [2.24, 2.45) is 0 Å². The van der Waals surface area contributed by atoms with Crippen LogP contribution in [0.2, 0.25) is 0 Å². The average molecular weight is 222 g/mol. The topological polar surface area (TPSA) is 12.5 Å². The number of halogens is 6. The van der Waals surface area contributed by atoms with Crippen LogP contribution in [0.5, 0.6) is 0 Å². The molecule has 1 fully saturated rings. The van der Waals surface area contributed by atoms with E-state index < -0.39 is 31.0 Å². The summed E-state index contributed by atoms with van der Waals surface area (Å²) in [6.07, 6.45) is -9.05. The van der Waals surface area contributed by atoms with Gasteiger partial charge in [-0.3, -0.25) is 4.39 Å². The Labute approximate surface area is 76.0 Å². The van der Waals surface area contributed by atoms with Gasteiger partial charge < -0.3 is 4.74 Å². The summed E-state index contributed by atoms with van der Waals surface area (Å²) in [6.45, 7) is -0.746. The van der Waals surface area contributed by atoms with Crippen molar-refractivity contribution in [3.8, 4) is 0 Å². The molecule has 0 saturated carbocycles. The second-order valence-electron chi connectivity index (χ2n) is 3.05. The highest BCUT2D eigenvalue weighted by Gasteiger charge is 2.70. The number of rotatable bonds is 4. The highest BCUT2D eigenvalue weighted by Crippen LogP contribution is 2.48. The fourth-order valence-electron chi connectivity index (χ4n) is 1.12. The van der Waals surface area contributed by atoms with E-state index in [1.54, 1.807) is 0 Å². The molecular formula is C7H8F6O. The van der Waals surface area contributed by atoms with Gasteiger partial charge >= 0.3 is 12.1 Å². The molecule has 14 heavy (non-hydrogen) atoms. The van der Waals surface area contributed by atoms with E-state index in [1.165, 1.54) is 0 Å². The van der Waals surface area contributed by atoms with Crippen LogP contribution in [-0.4, -0.2) is 31.0 Å². The van der Waals surface area contributed by atoms with Crippen molar-refractivity contribution < 1.29 is 31.1 Å². The SMILES string of the molecule is FCCCC1OC1C(F)(F)C(F)(F)F. The van der Waals surface area contributed by atoms with Crippen LogP contribution in [-0.2, 0) is 4.74 Å². The first-order valence-electron chi connectivity index (χ1n) is 3.96. The number of ether oxygens (including phenoxy) is 1. The van der Waals surface area contributed by atoms with Crippen LogP contribution in [0, 0.1) is 0 Å². The molecule has 2 unspecified atom stereocenters. The Bertz CT molecular complexity index is 201. The minimum absolute atomic E-state index is 0.0604. The van der Waals surface area contributed by atoms with Gasteiger partial charge in [0.15, 0.2) is 6.10 Å². The van der Waals surface area contributed by atoms with Crippen LogP contribution in [0.25, 0.3) is 0 Å². The van der Waals surface area contributed by atoms with Gasteiger partial charge in [-0.25, -0.2) is 0 Å². The summed E-state index contributed by atoms with van der Waals surface area (Å²) in [5, 5.41) is 0. The molecule has 1 saturated heterocycles. The third kappa shape index (κ3) is 2.13. The first-order chi connectivity index (χ1) is 6.30.